The normalized spacial score (nSPS) is 10.3. The summed E-state index contributed by atoms with van der Waals surface area (Å²) in [6.45, 7) is 1.90. The molecule has 0 aliphatic heterocycles. The highest BCUT2D eigenvalue weighted by Gasteiger charge is 2.11. The summed E-state index contributed by atoms with van der Waals surface area (Å²) in [6, 6.07) is 21.5. The Hall–Kier alpha value is -2.94. The topological polar surface area (TPSA) is 42.0 Å². The molecule has 3 heteroatoms. The second kappa shape index (κ2) is 6.88. The highest BCUT2D eigenvalue weighted by Crippen LogP contribution is 2.17. The summed E-state index contributed by atoms with van der Waals surface area (Å²) in [5, 5.41) is 2.95. The molecule has 0 atom stereocenters. The first-order chi connectivity index (χ1) is 11.2. The Balaban J connectivity index is 1.83. The number of hydrogen-bond donors (Lipinski definition) is 1. The number of hydrogen-bond acceptors (Lipinski definition) is 2. The van der Waals surface area contributed by atoms with Crippen LogP contribution in [0.4, 0.5) is 5.69 Å². The number of carbonyl (C=O) groups excluding carboxylic acids is 1. The predicted octanol–water partition coefficient (Wildman–Crippen LogP) is 4.23. The fourth-order valence-electron chi connectivity index (χ4n) is 2.53. The molecule has 23 heavy (non-hydrogen) atoms. The van der Waals surface area contributed by atoms with Crippen LogP contribution in [0.1, 0.15) is 27.2 Å². The Labute approximate surface area is 136 Å². The molecule has 3 nitrogen and oxygen atoms in total. The summed E-state index contributed by atoms with van der Waals surface area (Å²) in [5.41, 5.74) is 4.54. The van der Waals surface area contributed by atoms with Gasteiger partial charge in [-0.2, -0.15) is 0 Å². The van der Waals surface area contributed by atoms with Crippen molar-refractivity contribution in [3.8, 4) is 0 Å². The Kier molecular flexibility index (Phi) is 4.48. The van der Waals surface area contributed by atoms with E-state index in [1.54, 1.807) is 12.3 Å². The third-order valence-corrected chi connectivity index (χ3v) is 3.65. The number of nitrogens with one attached hydrogen (secondary N) is 1. The van der Waals surface area contributed by atoms with Crippen molar-refractivity contribution in [1.29, 1.82) is 0 Å². The molecule has 0 radical (unpaired) electrons. The fraction of sp³-hybridized carbons (Fsp3) is 0.100. The monoisotopic (exact) mass is 302 g/mol. The summed E-state index contributed by atoms with van der Waals surface area (Å²) in [5.74, 6) is -0.0952. The van der Waals surface area contributed by atoms with Crippen molar-refractivity contribution in [2.75, 3.05) is 5.32 Å². The van der Waals surface area contributed by atoms with Crippen molar-refractivity contribution in [3.63, 3.8) is 0 Å². The molecule has 0 aliphatic carbocycles. The van der Waals surface area contributed by atoms with Gasteiger partial charge in [0.05, 0.1) is 0 Å². The van der Waals surface area contributed by atoms with Crippen LogP contribution in [0.15, 0.2) is 72.9 Å². The van der Waals surface area contributed by atoms with Gasteiger partial charge in [0.2, 0.25) is 0 Å². The SMILES string of the molecule is Cc1cc(NC(=O)c2ccccc2Cc2ccccc2)ccn1. The van der Waals surface area contributed by atoms with E-state index in [2.05, 4.69) is 22.4 Å². The van der Waals surface area contributed by atoms with Crippen molar-refractivity contribution >= 4 is 11.6 Å². The Morgan fingerprint density at radius 1 is 1.00 bits per heavy atom. The molecular formula is C20H18N2O. The molecule has 1 N–H and O–H groups in total. The molecule has 0 unspecified atom stereocenters. The number of aryl methyl sites for hydroxylation is 1. The molecule has 2 aromatic carbocycles. The molecule has 3 aromatic rings. The zero-order valence-corrected chi connectivity index (χ0v) is 13.0. The molecule has 0 spiro atoms. The van der Waals surface area contributed by atoms with Gasteiger partial charge in [0, 0.05) is 23.1 Å². The van der Waals surface area contributed by atoms with Crippen LogP contribution in [0, 0.1) is 6.92 Å². The van der Waals surface area contributed by atoms with Crippen LogP contribution in [-0.2, 0) is 6.42 Å². The number of rotatable bonds is 4. The van der Waals surface area contributed by atoms with Crippen LogP contribution >= 0.6 is 0 Å². The molecule has 0 saturated heterocycles. The van der Waals surface area contributed by atoms with Gasteiger partial charge in [-0.1, -0.05) is 48.5 Å². The Morgan fingerprint density at radius 2 is 1.74 bits per heavy atom. The lowest BCUT2D eigenvalue weighted by Crippen LogP contribution is -2.14. The minimum Gasteiger partial charge on any atom is -0.322 e. The van der Waals surface area contributed by atoms with E-state index >= 15 is 0 Å². The van der Waals surface area contributed by atoms with E-state index in [1.165, 1.54) is 5.56 Å². The smallest absolute Gasteiger partial charge is 0.255 e. The largest absolute Gasteiger partial charge is 0.322 e. The average molecular weight is 302 g/mol. The third kappa shape index (κ3) is 3.83. The Morgan fingerprint density at radius 3 is 2.52 bits per heavy atom. The second-order valence-corrected chi connectivity index (χ2v) is 5.46. The summed E-state index contributed by atoms with van der Waals surface area (Å²) in [7, 11) is 0. The van der Waals surface area contributed by atoms with Crippen LogP contribution in [0.5, 0.6) is 0 Å². The minimum absolute atomic E-state index is 0.0952. The highest BCUT2D eigenvalue weighted by molar-refractivity contribution is 6.05. The zero-order chi connectivity index (χ0) is 16.1. The van der Waals surface area contributed by atoms with Gasteiger partial charge in [-0.25, -0.2) is 0 Å². The molecule has 0 aliphatic rings. The van der Waals surface area contributed by atoms with Crippen molar-refractivity contribution in [3.05, 3.63) is 95.3 Å². The summed E-state index contributed by atoms with van der Waals surface area (Å²) in [6.07, 6.45) is 2.43. The van der Waals surface area contributed by atoms with Gasteiger partial charge in [0.15, 0.2) is 0 Å². The second-order valence-electron chi connectivity index (χ2n) is 5.46. The van der Waals surface area contributed by atoms with Crippen LogP contribution in [-0.4, -0.2) is 10.9 Å². The molecule has 1 aromatic heterocycles. The number of benzene rings is 2. The van der Waals surface area contributed by atoms with E-state index in [-0.39, 0.29) is 5.91 Å². The van der Waals surface area contributed by atoms with Gasteiger partial charge < -0.3 is 5.32 Å². The van der Waals surface area contributed by atoms with Crippen LogP contribution < -0.4 is 5.32 Å². The van der Waals surface area contributed by atoms with Gasteiger partial charge >= 0.3 is 0 Å². The number of aromatic nitrogens is 1. The minimum atomic E-state index is -0.0952. The summed E-state index contributed by atoms with van der Waals surface area (Å²) < 4.78 is 0. The van der Waals surface area contributed by atoms with Crippen molar-refractivity contribution in [2.45, 2.75) is 13.3 Å². The lowest BCUT2D eigenvalue weighted by molar-refractivity contribution is 0.102. The first-order valence-electron chi connectivity index (χ1n) is 7.58. The van der Waals surface area contributed by atoms with E-state index in [1.807, 2.05) is 55.5 Å². The highest BCUT2D eigenvalue weighted by atomic mass is 16.1. The average Bonchev–Trinajstić information content (AvgIpc) is 2.56. The van der Waals surface area contributed by atoms with E-state index in [0.29, 0.717) is 5.56 Å². The molecule has 1 amide bonds. The maximum absolute atomic E-state index is 12.6. The maximum Gasteiger partial charge on any atom is 0.255 e. The Bertz CT molecular complexity index is 813. The number of nitrogens with zero attached hydrogens (tertiary/aromatic N) is 1. The molecule has 0 saturated carbocycles. The van der Waals surface area contributed by atoms with E-state index in [9.17, 15) is 4.79 Å². The van der Waals surface area contributed by atoms with Crippen molar-refractivity contribution < 1.29 is 4.79 Å². The zero-order valence-electron chi connectivity index (χ0n) is 13.0. The molecule has 0 bridgehead atoms. The first kappa shape index (κ1) is 15.0. The lowest BCUT2D eigenvalue weighted by Gasteiger charge is -2.10. The van der Waals surface area contributed by atoms with Crippen LogP contribution in [0.3, 0.4) is 0 Å². The van der Waals surface area contributed by atoms with Gasteiger partial charge in [0.1, 0.15) is 0 Å². The number of anilines is 1. The third-order valence-electron chi connectivity index (χ3n) is 3.65. The van der Waals surface area contributed by atoms with Gasteiger partial charge in [-0.15, -0.1) is 0 Å². The van der Waals surface area contributed by atoms with Crippen LogP contribution in [0.25, 0.3) is 0 Å². The van der Waals surface area contributed by atoms with Gasteiger partial charge in [0.25, 0.3) is 5.91 Å². The quantitative estimate of drug-likeness (QED) is 0.783. The summed E-state index contributed by atoms with van der Waals surface area (Å²) >= 11 is 0. The summed E-state index contributed by atoms with van der Waals surface area (Å²) in [4.78, 5) is 16.7. The van der Waals surface area contributed by atoms with E-state index in [4.69, 9.17) is 0 Å². The molecule has 1 heterocycles. The predicted molar refractivity (Wildman–Crippen MR) is 92.6 cm³/mol. The number of pyridine rings is 1. The molecule has 3 rings (SSSR count). The van der Waals surface area contributed by atoms with Gasteiger partial charge in [-0.05, 0) is 42.7 Å². The molecule has 114 valence electrons. The van der Waals surface area contributed by atoms with Crippen LogP contribution in [0.2, 0.25) is 0 Å². The first-order valence-corrected chi connectivity index (χ1v) is 7.58. The number of carbonyl (C=O) groups is 1. The maximum atomic E-state index is 12.6. The van der Waals surface area contributed by atoms with Crippen molar-refractivity contribution in [1.82, 2.24) is 4.98 Å². The van der Waals surface area contributed by atoms with Gasteiger partial charge in [-0.3, -0.25) is 9.78 Å². The lowest BCUT2D eigenvalue weighted by atomic mass is 9.99. The molecule has 0 fully saturated rings. The van der Waals surface area contributed by atoms with Crippen molar-refractivity contribution in [2.24, 2.45) is 0 Å². The standard InChI is InChI=1S/C20H18N2O/c1-15-13-18(11-12-21-15)22-20(23)19-10-6-5-9-17(19)14-16-7-3-2-4-8-16/h2-13H,14H2,1H3,(H,21,22,23). The number of amides is 1. The van der Waals surface area contributed by atoms with E-state index < -0.39 is 0 Å². The molecular weight excluding hydrogens is 284 g/mol. The fourth-order valence-corrected chi connectivity index (χ4v) is 2.53. The van der Waals surface area contributed by atoms with E-state index in [0.717, 1.165) is 23.4 Å².